The highest BCUT2D eigenvalue weighted by Gasteiger charge is 2.27. The Kier molecular flexibility index (Phi) is 5.41. The molecule has 2 heterocycles. The first-order chi connectivity index (χ1) is 11.8. The van der Waals surface area contributed by atoms with Gasteiger partial charge in [0.1, 0.15) is 5.69 Å². The number of likely N-dealkylation sites (tertiary alicyclic amines) is 1. The number of carbonyl (C=O) groups excluding carboxylic acids is 1. The largest absolute Gasteiger partial charge is 0.350 e. The van der Waals surface area contributed by atoms with E-state index in [0.717, 1.165) is 31.4 Å². The van der Waals surface area contributed by atoms with E-state index in [2.05, 4.69) is 22.2 Å². The van der Waals surface area contributed by atoms with Gasteiger partial charge in [-0.25, -0.2) is 9.97 Å². The van der Waals surface area contributed by atoms with Crippen LogP contribution in [0.25, 0.3) is 0 Å². The molecule has 1 aromatic heterocycles. The van der Waals surface area contributed by atoms with Gasteiger partial charge < -0.3 is 10.2 Å². The van der Waals surface area contributed by atoms with Crippen LogP contribution in [0.4, 0.5) is 5.95 Å². The number of piperidine rings is 1. The van der Waals surface area contributed by atoms with Crippen molar-refractivity contribution in [2.45, 2.75) is 45.2 Å². The molecule has 1 aliphatic rings. The highest BCUT2D eigenvalue weighted by molar-refractivity contribution is 5.92. The van der Waals surface area contributed by atoms with Crippen molar-refractivity contribution in [2.24, 2.45) is 0 Å². The third-order valence-corrected chi connectivity index (χ3v) is 4.53. The van der Waals surface area contributed by atoms with E-state index in [1.165, 1.54) is 6.42 Å². The normalized spacial score (nSPS) is 17.5. The van der Waals surface area contributed by atoms with E-state index >= 15 is 0 Å². The summed E-state index contributed by atoms with van der Waals surface area (Å²) in [4.78, 5) is 23.4. The second-order valence-corrected chi connectivity index (χ2v) is 6.16. The number of carbonyl (C=O) groups is 1. The van der Waals surface area contributed by atoms with Crippen molar-refractivity contribution < 1.29 is 4.79 Å². The van der Waals surface area contributed by atoms with Gasteiger partial charge in [-0.1, -0.05) is 37.3 Å². The van der Waals surface area contributed by atoms with Crippen LogP contribution in [0.1, 0.15) is 48.7 Å². The summed E-state index contributed by atoms with van der Waals surface area (Å²) in [5.41, 5.74) is 1.63. The van der Waals surface area contributed by atoms with Gasteiger partial charge in [0.15, 0.2) is 0 Å². The quantitative estimate of drug-likeness (QED) is 0.914. The molecule has 0 spiro atoms. The van der Waals surface area contributed by atoms with E-state index in [4.69, 9.17) is 0 Å². The zero-order valence-electron chi connectivity index (χ0n) is 14.1. The molecule has 1 fully saturated rings. The summed E-state index contributed by atoms with van der Waals surface area (Å²) in [6.07, 6.45) is 6.02. The number of hydrogen-bond donors (Lipinski definition) is 1. The summed E-state index contributed by atoms with van der Waals surface area (Å²) >= 11 is 0. The highest BCUT2D eigenvalue weighted by atomic mass is 16.2. The molecule has 0 radical (unpaired) electrons. The van der Waals surface area contributed by atoms with E-state index < -0.39 is 0 Å². The highest BCUT2D eigenvalue weighted by Crippen LogP contribution is 2.21. The van der Waals surface area contributed by atoms with Gasteiger partial charge in [-0.15, -0.1) is 0 Å². The van der Waals surface area contributed by atoms with Crippen LogP contribution in [0.15, 0.2) is 42.6 Å². The predicted octanol–water partition coefficient (Wildman–Crippen LogP) is 3.49. The predicted molar refractivity (Wildman–Crippen MR) is 94.8 cm³/mol. The minimum absolute atomic E-state index is 0.0201. The fraction of sp³-hybridized carbons (Fsp3) is 0.421. The number of amides is 1. The first kappa shape index (κ1) is 16.4. The van der Waals surface area contributed by atoms with E-state index in [-0.39, 0.29) is 5.91 Å². The molecular formula is C19H24N4O. The first-order valence-electron chi connectivity index (χ1n) is 8.69. The molecule has 1 amide bonds. The van der Waals surface area contributed by atoms with Crippen LogP contribution in [0.5, 0.6) is 0 Å². The van der Waals surface area contributed by atoms with Gasteiger partial charge in [-0.05, 0) is 37.3 Å². The van der Waals surface area contributed by atoms with E-state index in [9.17, 15) is 4.79 Å². The van der Waals surface area contributed by atoms with Crippen molar-refractivity contribution in [3.63, 3.8) is 0 Å². The van der Waals surface area contributed by atoms with Crippen LogP contribution in [0.2, 0.25) is 0 Å². The van der Waals surface area contributed by atoms with E-state index in [1.54, 1.807) is 12.3 Å². The summed E-state index contributed by atoms with van der Waals surface area (Å²) in [6, 6.07) is 12.1. The third-order valence-electron chi connectivity index (χ3n) is 4.53. The lowest BCUT2D eigenvalue weighted by Gasteiger charge is -2.35. The molecule has 5 nitrogen and oxygen atoms in total. The molecule has 126 valence electrons. The van der Waals surface area contributed by atoms with Crippen LogP contribution in [0.3, 0.4) is 0 Å². The molecule has 0 aliphatic carbocycles. The van der Waals surface area contributed by atoms with Crippen LogP contribution < -0.4 is 5.32 Å². The first-order valence-corrected chi connectivity index (χ1v) is 8.69. The molecule has 3 rings (SSSR count). The van der Waals surface area contributed by atoms with Gasteiger partial charge in [0.2, 0.25) is 5.95 Å². The van der Waals surface area contributed by atoms with Crippen molar-refractivity contribution >= 4 is 11.9 Å². The summed E-state index contributed by atoms with van der Waals surface area (Å²) in [5, 5.41) is 3.19. The minimum Gasteiger partial charge on any atom is -0.350 e. The van der Waals surface area contributed by atoms with Crippen molar-refractivity contribution in [1.82, 2.24) is 14.9 Å². The third kappa shape index (κ3) is 3.91. The topological polar surface area (TPSA) is 58.1 Å². The Morgan fingerprint density at radius 3 is 2.88 bits per heavy atom. The maximum absolute atomic E-state index is 12.8. The Hall–Kier alpha value is -2.43. The van der Waals surface area contributed by atoms with Gasteiger partial charge in [-0.3, -0.25) is 4.79 Å². The maximum atomic E-state index is 12.8. The van der Waals surface area contributed by atoms with Gasteiger partial charge in [-0.2, -0.15) is 0 Å². The maximum Gasteiger partial charge on any atom is 0.272 e. The Balaban J connectivity index is 1.69. The average Bonchev–Trinajstić information content (AvgIpc) is 2.67. The summed E-state index contributed by atoms with van der Waals surface area (Å²) in [6.45, 7) is 3.61. The zero-order valence-corrected chi connectivity index (χ0v) is 14.1. The number of nitrogens with zero attached hydrogens (tertiary/aromatic N) is 3. The second-order valence-electron chi connectivity index (χ2n) is 6.16. The summed E-state index contributed by atoms with van der Waals surface area (Å²) in [7, 11) is 0. The lowest BCUT2D eigenvalue weighted by atomic mass is 9.99. The van der Waals surface area contributed by atoms with Crippen molar-refractivity contribution in [2.75, 3.05) is 11.9 Å². The Morgan fingerprint density at radius 2 is 2.08 bits per heavy atom. The second kappa shape index (κ2) is 7.90. The average molecular weight is 324 g/mol. The van der Waals surface area contributed by atoms with Crippen LogP contribution in [0, 0.1) is 0 Å². The molecule has 5 heteroatoms. The lowest BCUT2D eigenvalue weighted by Crippen LogP contribution is -2.43. The minimum atomic E-state index is 0.0201. The van der Waals surface area contributed by atoms with Crippen molar-refractivity contribution in [3.8, 4) is 0 Å². The van der Waals surface area contributed by atoms with Gasteiger partial charge in [0.05, 0.1) is 0 Å². The number of hydrogen-bond acceptors (Lipinski definition) is 4. The molecule has 2 aromatic rings. The standard InChI is InChI=1S/C19H24N4O/c1-2-16-10-6-7-13-23(16)18(24)17-11-12-20-19(22-17)21-14-15-8-4-3-5-9-15/h3-5,8-9,11-12,16H,2,6-7,10,13-14H2,1H3,(H,20,21,22). The molecule has 0 bridgehead atoms. The van der Waals surface area contributed by atoms with Crippen molar-refractivity contribution in [3.05, 3.63) is 53.9 Å². The molecular weight excluding hydrogens is 300 g/mol. The van der Waals surface area contributed by atoms with Crippen LogP contribution in [-0.4, -0.2) is 33.4 Å². The molecule has 1 saturated heterocycles. The fourth-order valence-electron chi connectivity index (χ4n) is 3.18. The molecule has 24 heavy (non-hydrogen) atoms. The monoisotopic (exact) mass is 324 g/mol. The zero-order chi connectivity index (χ0) is 16.8. The molecule has 0 saturated carbocycles. The summed E-state index contributed by atoms with van der Waals surface area (Å²) < 4.78 is 0. The molecule has 1 atom stereocenters. The number of anilines is 1. The fourth-order valence-corrected chi connectivity index (χ4v) is 3.18. The number of benzene rings is 1. The van der Waals surface area contributed by atoms with Gasteiger partial charge >= 0.3 is 0 Å². The van der Waals surface area contributed by atoms with Crippen molar-refractivity contribution in [1.29, 1.82) is 0 Å². The van der Waals surface area contributed by atoms with Gasteiger partial charge in [0.25, 0.3) is 5.91 Å². The number of aromatic nitrogens is 2. The molecule has 1 aromatic carbocycles. The number of rotatable bonds is 5. The SMILES string of the molecule is CCC1CCCCN1C(=O)c1ccnc(NCc2ccccc2)n1. The Bertz CT molecular complexity index is 674. The molecule has 1 aliphatic heterocycles. The van der Waals surface area contributed by atoms with Crippen LogP contribution in [-0.2, 0) is 6.54 Å². The smallest absolute Gasteiger partial charge is 0.272 e. The summed E-state index contributed by atoms with van der Waals surface area (Å²) in [5.74, 6) is 0.515. The van der Waals surface area contributed by atoms with E-state index in [1.807, 2.05) is 35.2 Å². The van der Waals surface area contributed by atoms with Crippen LogP contribution >= 0.6 is 0 Å². The lowest BCUT2D eigenvalue weighted by molar-refractivity contribution is 0.0602. The Labute approximate surface area is 143 Å². The van der Waals surface area contributed by atoms with Gasteiger partial charge in [0, 0.05) is 25.3 Å². The Morgan fingerprint density at radius 1 is 1.25 bits per heavy atom. The molecule has 1 unspecified atom stereocenters. The number of nitrogens with one attached hydrogen (secondary N) is 1. The van der Waals surface area contributed by atoms with E-state index in [0.29, 0.717) is 24.2 Å². The molecule has 1 N–H and O–H groups in total.